The summed E-state index contributed by atoms with van der Waals surface area (Å²) in [6, 6.07) is 2.48. The van der Waals surface area contributed by atoms with E-state index >= 15 is 0 Å². The highest BCUT2D eigenvalue weighted by Crippen LogP contribution is 2.31. The van der Waals surface area contributed by atoms with E-state index in [0.29, 0.717) is 6.07 Å². The topological polar surface area (TPSA) is 86.8 Å². The quantitative estimate of drug-likeness (QED) is 0.656. The minimum atomic E-state index is -4.58. The molecular weight excluding hydrogens is 277 g/mol. The molecular formula is C12H13F3N2O3. The second-order valence-corrected chi connectivity index (χ2v) is 4.64. The summed E-state index contributed by atoms with van der Waals surface area (Å²) in [6.07, 6.45) is -6.79. The number of nitrogen functional groups attached to an aromatic ring is 1. The maximum absolute atomic E-state index is 12.6. The van der Waals surface area contributed by atoms with Gasteiger partial charge in [-0.15, -0.1) is 0 Å². The number of alkyl halides is 3. The lowest BCUT2D eigenvalue weighted by molar-refractivity contribution is -0.137. The fourth-order valence-electron chi connectivity index (χ4n) is 2.02. The summed E-state index contributed by atoms with van der Waals surface area (Å²) in [5.41, 5.74) is 4.18. The molecule has 1 saturated heterocycles. The zero-order valence-electron chi connectivity index (χ0n) is 10.3. The number of rotatable bonds is 1. The van der Waals surface area contributed by atoms with Gasteiger partial charge in [0.1, 0.15) is 0 Å². The molecule has 2 atom stereocenters. The molecule has 20 heavy (non-hydrogen) atoms. The van der Waals surface area contributed by atoms with Crippen LogP contribution in [0.5, 0.6) is 0 Å². The lowest BCUT2D eigenvalue weighted by atomic mass is 10.1. The highest BCUT2D eigenvalue weighted by Gasteiger charge is 2.35. The molecule has 2 rings (SSSR count). The number of halogens is 3. The molecule has 1 amide bonds. The van der Waals surface area contributed by atoms with E-state index in [1.165, 1.54) is 0 Å². The summed E-state index contributed by atoms with van der Waals surface area (Å²) in [5, 5.41) is 18.7. The first-order valence-electron chi connectivity index (χ1n) is 5.82. The van der Waals surface area contributed by atoms with Gasteiger partial charge in [0, 0.05) is 18.8 Å². The van der Waals surface area contributed by atoms with Gasteiger partial charge in [-0.05, 0) is 18.2 Å². The number of carbonyl (C=O) groups is 1. The van der Waals surface area contributed by atoms with Crippen molar-refractivity contribution < 1.29 is 28.2 Å². The fraction of sp³-hybridized carbons (Fsp3) is 0.417. The lowest BCUT2D eigenvalue weighted by Gasteiger charge is -2.17. The molecule has 0 saturated carbocycles. The Labute approximate surface area is 112 Å². The van der Waals surface area contributed by atoms with Gasteiger partial charge in [0.15, 0.2) is 0 Å². The molecule has 1 fully saturated rings. The molecule has 1 aliphatic rings. The summed E-state index contributed by atoms with van der Waals surface area (Å²) in [4.78, 5) is 13.2. The van der Waals surface area contributed by atoms with E-state index in [1.807, 2.05) is 0 Å². The van der Waals surface area contributed by atoms with E-state index in [0.717, 1.165) is 17.0 Å². The molecule has 110 valence electrons. The molecule has 0 bridgehead atoms. The Morgan fingerprint density at radius 1 is 1.25 bits per heavy atom. The predicted molar refractivity (Wildman–Crippen MR) is 63.8 cm³/mol. The molecule has 0 radical (unpaired) electrons. The molecule has 0 aromatic heterocycles. The smallest absolute Gasteiger partial charge is 0.398 e. The molecule has 0 spiro atoms. The standard InChI is InChI=1S/C12H13F3N2O3/c13-12(14,15)6-1-2-8(16)7(3-6)11(20)17-4-9(18)10(19)5-17/h1-3,9-10,18-19H,4-5,16H2. The van der Waals surface area contributed by atoms with E-state index in [4.69, 9.17) is 5.73 Å². The van der Waals surface area contributed by atoms with Gasteiger partial charge in [-0.25, -0.2) is 0 Å². The number of benzene rings is 1. The maximum atomic E-state index is 12.6. The van der Waals surface area contributed by atoms with Crippen molar-refractivity contribution in [3.63, 3.8) is 0 Å². The van der Waals surface area contributed by atoms with Crippen molar-refractivity contribution in [2.75, 3.05) is 18.8 Å². The molecule has 5 nitrogen and oxygen atoms in total. The van der Waals surface area contributed by atoms with Crippen LogP contribution in [-0.2, 0) is 6.18 Å². The minimum absolute atomic E-state index is 0.0844. The van der Waals surface area contributed by atoms with Gasteiger partial charge < -0.3 is 20.8 Å². The Morgan fingerprint density at radius 3 is 2.30 bits per heavy atom. The molecule has 4 N–H and O–H groups in total. The number of amides is 1. The van der Waals surface area contributed by atoms with Crippen LogP contribution in [0.2, 0.25) is 0 Å². The van der Waals surface area contributed by atoms with E-state index in [1.54, 1.807) is 0 Å². The molecule has 1 heterocycles. The molecule has 1 aromatic rings. The summed E-state index contributed by atoms with van der Waals surface area (Å²) < 4.78 is 37.9. The number of nitrogens with two attached hydrogens (primary N) is 1. The van der Waals surface area contributed by atoms with Gasteiger partial charge >= 0.3 is 6.18 Å². The fourth-order valence-corrected chi connectivity index (χ4v) is 2.02. The number of carbonyl (C=O) groups excluding carboxylic acids is 1. The SMILES string of the molecule is Nc1ccc(C(F)(F)F)cc1C(=O)N1CC(O)C(O)C1. The summed E-state index contributed by atoms with van der Waals surface area (Å²) in [5.74, 6) is -0.746. The third kappa shape index (κ3) is 2.70. The first-order valence-corrected chi connectivity index (χ1v) is 5.82. The third-order valence-electron chi connectivity index (χ3n) is 3.16. The number of nitrogens with zero attached hydrogens (tertiary/aromatic N) is 1. The number of likely N-dealkylation sites (tertiary alicyclic amines) is 1. The van der Waals surface area contributed by atoms with Gasteiger partial charge in [-0.1, -0.05) is 0 Å². The van der Waals surface area contributed by atoms with Gasteiger partial charge in [0.05, 0.1) is 23.3 Å². The number of hydrogen-bond acceptors (Lipinski definition) is 4. The third-order valence-corrected chi connectivity index (χ3v) is 3.16. The normalized spacial score (nSPS) is 23.1. The van der Waals surface area contributed by atoms with Gasteiger partial charge in [0.2, 0.25) is 0 Å². The Balaban J connectivity index is 2.30. The van der Waals surface area contributed by atoms with Crippen molar-refractivity contribution in [2.24, 2.45) is 0 Å². The van der Waals surface area contributed by atoms with Gasteiger partial charge in [-0.3, -0.25) is 4.79 Å². The number of hydrogen-bond donors (Lipinski definition) is 3. The summed E-state index contributed by atoms with van der Waals surface area (Å²) in [6.45, 7) is -0.286. The van der Waals surface area contributed by atoms with Crippen LogP contribution in [0.25, 0.3) is 0 Å². The predicted octanol–water partition coefficient (Wildman–Crippen LogP) is 0.465. The zero-order chi connectivity index (χ0) is 15.1. The van der Waals surface area contributed by atoms with Crippen molar-refractivity contribution in [1.29, 1.82) is 0 Å². The molecule has 2 unspecified atom stereocenters. The number of β-amino-alcohol motifs (C(OH)–C–C–N with tert-alkyl or cyclic N) is 2. The van der Waals surface area contributed by atoms with Crippen LogP contribution in [0, 0.1) is 0 Å². The van der Waals surface area contributed by atoms with E-state index in [9.17, 15) is 28.2 Å². The average molecular weight is 290 g/mol. The Morgan fingerprint density at radius 2 is 1.80 bits per heavy atom. The van der Waals surface area contributed by atoms with Gasteiger partial charge in [-0.2, -0.15) is 13.2 Å². The number of aliphatic hydroxyl groups excluding tert-OH is 2. The van der Waals surface area contributed by atoms with E-state index in [-0.39, 0.29) is 24.3 Å². The second kappa shape index (κ2) is 4.95. The van der Waals surface area contributed by atoms with Crippen LogP contribution >= 0.6 is 0 Å². The molecule has 1 aliphatic heterocycles. The van der Waals surface area contributed by atoms with Crippen molar-refractivity contribution >= 4 is 11.6 Å². The van der Waals surface area contributed by atoms with Gasteiger partial charge in [0.25, 0.3) is 5.91 Å². The average Bonchev–Trinajstić information content (AvgIpc) is 2.68. The minimum Gasteiger partial charge on any atom is -0.398 e. The van der Waals surface area contributed by atoms with Crippen molar-refractivity contribution in [3.05, 3.63) is 29.3 Å². The highest BCUT2D eigenvalue weighted by molar-refractivity contribution is 5.99. The maximum Gasteiger partial charge on any atom is 0.416 e. The lowest BCUT2D eigenvalue weighted by Crippen LogP contribution is -2.30. The molecule has 8 heteroatoms. The Kier molecular flexibility index (Phi) is 3.61. The van der Waals surface area contributed by atoms with Crippen molar-refractivity contribution in [1.82, 2.24) is 4.90 Å². The van der Waals surface area contributed by atoms with Crippen molar-refractivity contribution in [2.45, 2.75) is 18.4 Å². The Bertz CT molecular complexity index is 523. The molecule has 1 aromatic carbocycles. The number of anilines is 1. The van der Waals surface area contributed by atoms with Crippen LogP contribution < -0.4 is 5.73 Å². The first kappa shape index (κ1) is 14.6. The summed E-state index contributed by atoms with van der Waals surface area (Å²) in [7, 11) is 0. The zero-order valence-corrected chi connectivity index (χ0v) is 10.3. The monoisotopic (exact) mass is 290 g/mol. The van der Waals surface area contributed by atoms with Crippen LogP contribution in [0.1, 0.15) is 15.9 Å². The largest absolute Gasteiger partial charge is 0.416 e. The van der Waals surface area contributed by atoms with E-state index < -0.39 is 29.9 Å². The van der Waals surface area contributed by atoms with Crippen molar-refractivity contribution in [3.8, 4) is 0 Å². The van der Waals surface area contributed by atoms with Crippen LogP contribution in [-0.4, -0.2) is 46.3 Å². The highest BCUT2D eigenvalue weighted by atomic mass is 19.4. The summed E-state index contributed by atoms with van der Waals surface area (Å²) >= 11 is 0. The second-order valence-electron chi connectivity index (χ2n) is 4.64. The number of aliphatic hydroxyl groups is 2. The molecule has 0 aliphatic carbocycles. The van der Waals surface area contributed by atoms with Crippen LogP contribution in [0.4, 0.5) is 18.9 Å². The van der Waals surface area contributed by atoms with E-state index in [2.05, 4.69) is 0 Å². The Hall–Kier alpha value is -1.80. The first-order chi connectivity index (χ1) is 9.20. The van der Waals surface area contributed by atoms with Crippen LogP contribution in [0.15, 0.2) is 18.2 Å². The van der Waals surface area contributed by atoms with Crippen LogP contribution in [0.3, 0.4) is 0 Å².